The molecule has 0 saturated carbocycles. The molecule has 1 rings (SSSR count). The smallest absolute Gasteiger partial charge is 0.0644 e. The fourth-order valence-corrected chi connectivity index (χ4v) is 2.03. The average Bonchev–Trinajstić information content (AvgIpc) is 2.38. The van der Waals surface area contributed by atoms with Gasteiger partial charge in [-0.3, -0.25) is 0 Å². The second kappa shape index (κ2) is 8.18. The Hall–Kier alpha value is -1.06. The Labute approximate surface area is 117 Å². The van der Waals surface area contributed by atoms with Crippen LogP contribution in [-0.2, 0) is 11.2 Å². The molecule has 1 aromatic carbocycles. The fourth-order valence-electron chi connectivity index (χ4n) is 2.03. The fraction of sp³-hybridized carbons (Fsp3) is 0.625. The van der Waals surface area contributed by atoms with E-state index < -0.39 is 0 Å². The van der Waals surface area contributed by atoms with E-state index in [1.807, 2.05) is 0 Å². The van der Waals surface area contributed by atoms with Gasteiger partial charge in [-0.15, -0.1) is 0 Å². The standard InChI is InChI=1S/C16H28N2O/c1-5-15(17)12-14-8-6-7-9-16(14)18(4)10-11-19-13(2)3/h6-9,13,15H,5,10-12,17H2,1-4H3. The largest absolute Gasteiger partial charge is 0.377 e. The molecule has 0 fully saturated rings. The molecule has 1 aromatic rings. The van der Waals surface area contributed by atoms with E-state index in [9.17, 15) is 0 Å². The monoisotopic (exact) mass is 264 g/mol. The van der Waals surface area contributed by atoms with Crippen molar-refractivity contribution < 1.29 is 4.74 Å². The molecule has 0 aliphatic rings. The van der Waals surface area contributed by atoms with Crippen molar-refractivity contribution in [1.29, 1.82) is 0 Å². The van der Waals surface area contributed by atoms with Crippen molar-refractivity contribution in [3.05, 3.63) is 29.8 Å². The molecule has 2 N–H and O–H groups in total. The molecule has 0 bridgehead atoms. The molecule has 3 heteroatoms. The molecule has 0 spiro atoms. The zero-order valence-corrected chi connectivity index (χ0v) is 12.7. The lowest BCUT2D eigenvalue weighted by Crippen LogP contribution is -2.27. The number of hydrogen-bond donors (Lipinski definition) is 1. The van der Waals surface area contributed by atoms with Crippen molar-refractivity contribution in [2.75, 3.05) is 25.1 Å². The van der Waals surface area contributed by atoms with Gasteiger partial charge in [0.05, 0.1) is 12.7 Å². The third-order valence-electron chi connectivity index (χ3n) is 3.29. The lowest BCUT2D eigenvalue weighted by Gasteiger charge is -2.24. The van der Waals surface area contributed by atoms with Crippen molar-refractivity contribution in [2.45, 2.75) is 45.8 Å². The molecule has 0 amide bonds. The summed E-state index contributed by atoms with van der Waals surface area (Å²) in [6, 6.07) is 8.73. The molecule has 0 heterocycles. The minimum atomic E-state index is 0.237. The van der Waals surface area contributed by atoms with Gasteiger partial charge in [0.25, 0.3) is 0 Å². The van der Waals surface area contributed by atoms with Gasteiger partial charge in [0.1, 0.15) is 0 Å². The van der Waals surface area contributed by atoms with Crippen LogP contribution in [0, 0.1) is 0 Å². The van der Waals surface area contributed by atoms with Crippen LogP contribution in [0.5, 0.6) is 0 Å². The number of para-hydroxylation sites is 1. The summed E-state index contributed by atoms with van der Waals surface area (Å²) in [7, 11) is 2.11. The normalized spacial score (nSPS) is 12.7. The maximum atomic E-state index is 6.07. The first-order chi connectivity index (χ1) is 9.04. The Bertz CT molecular complexity index is 366. The Kier molecular flexibility index (Phi) is 6.89. The molecule has 19 heavy (non-hydrogen) atoms. The minimum Gasteiger partial charge on any atom is -0.377 e. The summed E-state index contributed by atoms with van der Waals surface area (Å²) in [5.74, 6) is 0. The van der Waals surface area contributed by atoms with E-state index in [1.165, 1.54) is 11.3 Å². The van der Waals surface area contributed by atoms with Gasteiger partial charge in [0.15, 0.2) is 0 Å². The highest BCUT2D eigenvalue weighted by molar-refractivity contribution is 5.53. The van der Waals surface area contributed by atoms with Crippen LogP contribution in [0.15, 0.2) is 24.3 Å². The van der Waals surface area contributed by atoms with Gasteiger partial charge >= 0.3 is 0 Å². The van der Waals surface area contributed by atoms with E-state index in [4.69, 9.17) is 10.5 Å². The highest BCUT2D eigenvalue weighted by Gasteiger charge is 2.09. The van der Waals surface area contributed by atoms with Gasteiger partial charge in [-0.2, -0.15) is 0 Å². The van der Waals surface area contributed by atoms with E-state index >= 15 is 0 Å². The predicted octanol–water partition coefficient (Wildman–Crippen LogP) is 2.83. The van der Waals surface area contributed by atoms with Crippen LogP contribution in [0.2, 0.25) is 0 Å². The van der Waals surface area contributed by atoms with Crippen LogP contribution in [0.1, 0.15) is 32.8 Å². The maximum Gasteiger partial charge on any atom is 0.0644 e. The number of benzene rings is 1. The SMILES string of the molecule is CCC(N)Cc1ccccc1N(C)CCOC(C)C. The molecule has 0 aliphatic carbocycles. The summed E-state index contributed by atoms with van der Waals surface area (Å²) in [5, 5.41) is 0. The van der Waals surface area contributed by atoms with Crippen LogP contribution in [0.25, 0.3) is 0 Å². The van der Waals surface area contributed by atoms with E-state index in [2.05, 4.69) is 57.0 Å². The van der Waals surface area contributed by atoms with Gasteiger partial charge < -0.3 is 15.4 Å². The molecule has 1 unspecified atom stereocenters. The van der Waals surface area contributed by atoms with Crippen molar-refractivity contribution in [2.24, 2.45) is 5.73 Å². The van der Waals surface area contributed by atoms with E-state index in [0.717, 1.165) is 26.0 Å². The van der Waals surface area contributed by atoms with Crippen molar-refractivity contribution in [3.8, 4) is 0 Å². The summed E-state index contributed by atoms with van der Waals surface area (Å²) in [5.41, 5.74) is 8.66. The average molecular weight is 264 g/mol. The van der Waals surface area contributed by atoms with Gasteiger partial charge in [-0.25, -0.2) is 0 Å². The number of rotatable bonds is 8. The summed E-state index contributed by atoms with van der Waals surface area (Å²) in [4.78, 5) is 2.25. The number of nitrogens with zero attached hydrogens (tertiary/aromatic N) is 1. The van der Waals surface area contributed by atoms with Gasteiger partial charge in [0, 0.05) is 25.3 Å². The highest BCUT2D eigenvalue weighted by Crippen LogP contribution is 2.20. The van der Waals surface area contributed by atoms with Crippen molar-refractivity contribution in [1.82, 2.24) is 0 Å². The van der Waals surface area contributed by atoms with Crippen LogP contribution in [-0.4, -0.2) is 32.3 Å². The highest BCUT2D eigenvalue weighted by atomic mass is 16.5. The molecular formula is C16H28N2O. The van der Waals surface area contributed by atoms with Crippen LogP contribution in [0.3, 0.4) is 0 Å². The number of hydrogen-bond acceptors (Lipinski definition) is 3. The zero-order valence-electron chi connectivity index (χ0n) is 12.7. The Morgan fingerprint density at radius 2 is 1.95 bits per heavy atom. The number of anilines is 1. The number of ether oxygens (including phenoxy) is 1. The van der Waals surface area contributed by atoms with E-state index in [0.29, 0.717) is 0 Å². The van der Waals surface area contributed by atoms with Crippen LogP contribution >= 0.6 is 0 Å². The Morgan fingerprint density at radius 3 is 2.58 bits per heavy atom. The zero-order chi connectivity index (χ0) is 14.3. The first-order valence-electron chi connectivity index (χ1n) is 7.20. The maximum absolute atomic E-state index is 6.07. The summed E-state index contributed by atoms with van der Waals surface area (Å²) in [6.07, 6.45) is 2.23. The number of likely N-dealkylation sites (N-methyl/N-ethyl adjacent to an activating group) is 1. The molecule has 0 aliphatic heterocycles. The second-order valence-electron chi connectivity index (χ2n) is 5.34. The van der Waals surface area contributed by atoms with E-state index in [1.54, 1.807) is 0 Å². The molecule has 0 radical (unpaired) electrons. The van der Waals surface area contributed by atoms with E-state index in [-0.39, 0.29) is 12.1 Å². The summed E-state index contributed by atoms with van der Waals surface area (Å²) >= 11 is 0. The minimum absolute atomic E-state index is 0.237. The third-order valence-corrected chi connectivity index (χ3v) is 3.29. The molecule has 108 valence electrons. The first-order valence-corrected chi connectivity index (χ1v) is 7.20. The Balaban J connectivity index is 2.65. The summed E-state index contributed by atoms with van der Waals surface area (Å²) < 4.78 is 5.61. The van der Waals surface area contributed by atoms with Crippen LogP contribution in [0.4, 0.5) is 5.69 Å². The van der Waals surface area contributed by atoms with Gasteiger partial charge in [-0.05, 0) is 38.3 Å². The molecule has 3 nitrogen and oxygen atoms in total. The molecular weight excluding hydrogens is 236 g/mol. The molecule has 0 saturated heterocycles. The lowest BCUT2D eigenvalue weighted by molar-refractivity contribution is 0.0846. The van der Waals surface area contributed by atoms with Gasteiger partial charge in [0.2, 0.25) is 0 Å². The topological polar surface area (TPSA) is 38.5 Å². The first kappa shape index (κ1) is 16.0. The molecule has 0 aromatic heterocycles. The number of nitrogens with two attached hydrogens (primary N) is 1. The Morgan fingerprint density at radius 1 is 1.26 bits per heavy atom. The lowest BCUT2D eigenvalue weighted by atomic mass is 10.0. The van der Waals surface area contributed by atoms with Crippen molar-refractivity contribution in [3.63, 3.8) is 0 Å². The predicted molar refractivity (Wildman–Crippen MR) is 82.8 cm³/mol. The van der Waals surface area contributed by atoms with Crippen LogP contribution < -0.4 is 10.6 Å². The second-order valence-corrected chi connectivity index (χ2v) is 5.34. The quantitative estimate of drug-likeness (QED) is 0.784. The third kappa shape index (κ3) is 5.62. The summed E-state index contributed by atoms with van der Waals surface area (Å²) in [6.45, 7) is 7.91. The molecule has 1 atom stereocenters. The van der Waals surface area contributed by atoms with Crippen molar-refractivity contribution >= 4 is 5.69 Å². The van der Waals surface area contributed by atoms with Gasteiger partial charge in [-0.1, -0.05) is 25.1 Å².